The summed E-state index contributed by atoms with van der Waals surface area (Å²) in [6.07, 6.45) is 17.0. The molecule has 1 fully saturated rings. The molecule has 1 aliphatic rings. The number of carbonyl (C=O) groups is 1. The van der Waals surface area contributed by atoms with Gasteiger partial charge in [-0.3, -0.25) is 4.79 Å². The van der Waals surface area contributed by atoms with Crippen LogP contribution in [0.3, 0.4) is 0 Å². The summed E-state index contributed by atoms with van der Waals surface area (Å²) in [7, 11) is -3.65. The molecule has 154 valence electrons. The maximum absolute atomic E-state index is 11.6. The van der Waals surface area contributed by atoms with Crippen LogP contribution in [0.1, 0.15) is 103 Å². The Bertz CT molecular complexity index is 419. The summed E-state index contributed by atoms with van der Waals surface area (Å²) in [6, 6.07) is 0. The van der Waals surface area contributed by atoms with Gasteiger partial charge in [0.25, 0.3) is 0 Å². The number of hydrogen-bond acceptors (Lipinski definition) is 5. The minimum absolute atomic E-state index is 0. The quantitative estimate of drug-likeness (QED) is 0.168. The van der Waals surface area contributed by atoms with Crippen molar-refractivity contribution in [2.24, 2.45) is 0 Å². The zero-order valence-electron chi connectivity index (χ0n) is 17.6. The van der Waals surface area contributed by atoms with Crippen molar-refractivity contribution in [1.29, 1.82) is 0 Å². The maximum atomic E-state index is 11.6. The molecule has 0 saturated carbocycles. The van der Waals surface area contributed by atoms with Crippen LogP contribution < -0.4 is 34.5 Å². The van der Waals surface area contributed by atoms with E-state index in [4.69, 9.17) is 9.26 Å². The predicted molar refractivity (Wildman–Crippen MR) is 103 cm³/mol. The Balaban J connectivity index is 0.00000676. The van der Waals surface area contributed by atoms with Crippen LogP contribution in [0.15, 0.2) is 0 Å². The van der Waals surface area contributed by atoms with E-state index in [9.17, 15) is 14.3 Å². The fourth-order valence-corrected chi connectivity index (χ4v) is 4.62. The first-order chi connectivity index (χ1) is 12.5. The molecule has 0 aromatic carbocycles. The minimum Gasteiger partial charge on any atom is -0.778 e. The first-order valence-electron chi connectivity index (χ1n) is 10.7. The van der Waals surface area contributed by atoms with Gasteiger partial charge in [0.15, 0.2) is 0 Å². The SMILES string of the molecule is CCCCCCCCCCCCCCCC(=O)OCC1CCP(=O)([O-])O1.[Na+]. The van der Waals surface area contributed by atoms with Crippen molar-refractivity contribution < 1.29 is 53.1 Å². The Morgan fingerprint density at radius 2 is 1.44 bits per heavy atom. The van der Waals surface area contributed by atoms with Crippen molar-refractivity contribution in [2.75, 3.05) is 12.8 Å². The van der Waals surface area contributed by atoms with E-state index in [1.807, 2.05) is 0 Å². The molecule has 1 saturated heterocycles. The van der Waals surface area contributed by atoms with Crippen molar-refractivity contribution >= 4 is 13.6 Å². The molecule has 2 atom stereocenters. The first-order valence-corrected chi connectivity index (χ1v) is 12.4. The molecular formula is C20H38NaO5P. The molecule has 0 aromatic rings. The van der Waals surface area contributed by atoms with E-state index in [-0.39, 0.29) is 48.3 Å². The van der Waals surface area contributed by atoms with Gasteiger partial charge in [-0.05, 0) is 12.8 Å². The minimum atomic E-state index is -3.65. The van der Waals surface area contributed by atoms with Crippen LogP contribution >= 0.6 is 7.60 Å². The van der Waals surface area contributed by atoms with E-state index in [1.54, 1.807) is 0 Å². The van der Waals surface area contributed by atoms with Crippen LogP contribution in [0.25, 0.3) is 0 Å². The third kappa shape index (κ3) is 16.1. The van der Waals surface area contributed by atoms with Crippen LogP contribution in [0.4, 0.5) is 0 Å². The van der Waals surface area contributed by atoms with Crippen LogP contribution in [-0.2, 0) is 18.6 Å². The van der Waals surface area contributed by atoms with Gasteiger partial charge in [-0.1, -0.05) is 84.0 Å². The molecule has 27 heavy (non-hydrogen) atoms. The normalized spacial score (nSPS) is 21.8. The van der Waals surface area contributed by atoms with Crippen molar-refractivity contribution in [3.8, 4) is 0 Å². The molecule has 0 radical (unpaired) electrons. The zero-order valence-corrected chi connectivity index (χ0v) is 20.5. The second-order valence-corrected chi connectivity index (χ2v) is 9.41. The largest absolute Gasteiger partial charge is 1.00 e. The molecular weight excluding hydrogens is 374 g/mol. The van der Waals surface area contributed by atoms with E-state index in [0.29, 0.717) is 12.8 Å². The Labute approximate surface area is 188 Å². The third-order valence-electron chi connectivity index (χ3n) is 4.95. The molecule has 1 rings (SSSR count). The summed E-state index contributed by atoms with van der Waals surface area (Å²) in [4.78, 5) is 22.8. The van der Waals surface area contributed by atoms with Crippen molar-refractivity contribution in [3.63, 3.8) is 0 Å². The van der Waals surface area contributed by atoms with E-state index in [1.165, 1.54) is 70.6 Å². The first kappa shape index (κ1) is 27.6. The molecule has 1 heterocycles. The monoisotopic (exact) mass is 412 g/mol. The second-order valence-electron chi connectivity index (χ2n) is 7.53. The Morgan fingerprint density at radius 3 is 1.89 bits per heavy atom. The van der Waals surface area contributed by atoms with Crippen molar-refractivity contribution in [1.82, 2.24) is 0 Å². The average molecular weight is 412 g/mol. The third-order valence-corrected chi connectivity index (χ3v) is 6.37. The number of rotatable bonds is 16. The fraction of sp³-hybridized carbons (Fsp3) is 0.950. The van der Waals surface area contributed by atoms with Gasteiger partial charge in [-0.15, -0.1) is 0 Å². The number of esters is 1. The summed E-state index contributed by atoms with van der Waals surface area (Å²) in [5, 5.41) is 0. The summed E-state index contributed by atoms with van der Waals surface area (Å²) < 4.78 is 21.1. The van der Waals surface area contributed by atoms with Gasteiger partial charge >= 0.3 is 35.5 Å². The molecule has 1 aliphatic heterocycles. The number of hydrogen-bond donors (Lipinski definition) is 0. The second kappa shape index (κ2) is 17.5. The van der Waals surface area contributed by atoms with Crippen LogP contribution in [-0.4, -0.2) is 24.8 Å². The van der Waals surface area contributed by atoms with Gasteiger partial charge in [0.2, 0.25) is 0 Å². The van der Waals surface area contributed by atoms with E-state index >= 15 is 0 Å². The molecule has 0 N–H and O–H groups in total. The van der Waals surface area contributed by atoms with Gasteiger partial charge in [0.05, 0.1) is 6.10 Å². The summed E-state index contributed by atoms with van der Waals surface area (Å²) in [5.74, 6) is -0.246. The Kier molecular flexibility index (Phi) is 17.9. The number of unbranched alkanes of at least 4 members (excludes halogenated alkanes) is 12. The molecule has 0 aliphatic carbocycles. The Hall–Kier alpha value is 0.620. The Morgan fingerprint density at radius 1 is 0.963 bits per heavy atom. The summed E-state index contributed by atoms with van der Waals surface area (Å²) in [5.41, 5.74) is 0. The summed E-state index contributed by atoms with van der Waals surface area (Å²) in [6.45, 7) is 2.31. The van der Waals surface area contributed by atoms with E-state index in [0.717, 1.165) is 12.8 Å². The average Bonchev–Trinajstić information content (AvgIpc) is 2.96. The smallest absolute Gasteiger partial charge is 0.778 e. The van der Waals surface area contributed by atoms with E-state index in [2.05, 4.69) is 6.92 Å². The van der Waals surface area contributed by atoms with Crippen LogP contribution in [0.5, 0.6) is 0 Å². The van der Waals surface area contributed by atoms with Crippen molar-refractivity contribution in [3.05, 3.63) is 0 Å². The van der Waals surface area contributed by atoms with Gasteiger partial charge in [-0.2, -0.15) is 0 Å². The standard InChI is InChI=1S/C20H39O5P.Na/c1-2-3-4-5-6-7-8-9-10-11-12-13-14-15-20(21)24-18-19-16-17-26(22,23)25-19;/h19H,2-18H2,1H3,(H,22,23);/q;+1/p-1. The molecule has 5 nitrogen and oxygen atoms in total. The van der Waals surface area contributed by atoms with Crippen molar-refractivity contribution in [2.45, 2.75) is 109 Å². The van der Waals surface area contributed by atoms with E-state index < -0.39 is 13.7 Å². The molecule has 0 amide bonds. The maximum Gasteiger partial charge on any atom is 1.00 e. The topological polar surface area (TPSA) is 75.7 Å². The number of carbonyl (C=O) groups excluding carboxylic acids is 1. The van der Waals surface area contributed by atoms with Gasteiger partial charge in [0, 0.05) is 12.6 Å². The number of ether oxygens (including phenoxy) is 1. The van der Waals surface area contributed by atoms with Gasteiger partial charge in [-0.25, -0.2) is 0 Å². The predicted octanol–water partition coefficient (Wildman–Crippen LogP) is 2.36. The fourth-order valence-electron chi connectivity index (χ4n) is 3.29. The van der Waals surface area contributed by atoms with Crippen LogP contribution in [0, 0.1) is 0 Å². The molecule has 0 bridgehead atoms. The zero-order chi connectivity index (χ0) is 19.1. The van der Waals surface area contributed by atoms with Gasteiger partial charge in [0.1, 0.15) is 14.2 Å². The molecule has 0 spiro atoms. The summed E-state index contributed by atoms with van der Waals surface area (Å²) >= 11 is 0. The molecule has 7 heteroatoms. The van der Waals surface area contributed by atoms with Gasteiger partial charge < -0.3 is 18.7 Å². The molecule has 2 unspecified atom stereocenters. The molecule has 0 aromatic heterocycles. The van der Waals surface area contributed by atoms with Crippen LogP contribution in [0.2, 0.25) is 0 Å².